The zero-order valence-corrected chi connectivity index (χ0v) is 7.52. The van der Waals surface area contributed by atoms with Gasteiger partial charge in [0.15, 0.2) is 0 Å². The molecule has 0 aliphatic rings. The van der Waals surface area contributed by atoms with Crippen molar-refractivity contribution in [2.75, 3.05) is 6.61 Å². The van der Waals surface area contributed by atoms with Gasteiger partial charge in [-0.1, -0.05) is 0 Å². The van der Waals surface area contributed by atoms with Crippen LogP contribution in [-0.4, -0.2) is 17.7 Å². The van der Waals surface area contributed by atoms with Gasteiger partial charge >= 0.3 is 5.97 Å². The maximum absolute atomic E-state index is 11.0. The van der Waals surface area contributed by atoms with E-state index in [1.54, 1.807) is 13.0 Å². The first-order valence-electron chi connectivity index (χ1n) is 3.70. The summed E-state index contributed by atoms with van der Waals surface area (Å²) in [7, 11) is 0. The first-order chi connectivity index (χ1) is 6.69. The zero-order valence-electron chi connectivity index (χ0n) is 7.52. The maximum atomic E-state index is 11.0. The Kier molecular flexibility index (Phi) is 5.25. The van der Waals surface area contributed by atoms with E-state index in [4.69, 9.17) is 16.9 Å². The molecule has 0 aromatic heterocycles. The number of allylic oxidation sites excluding steroid dienone is 1. The number of rotatable bonds is 3. The van der Waals surface area contributed by atoms with Crippen molar-refractivity contribution in [3.8, 4) is 6.07 Å². The number of aliphatic hydroxyl groups is 1. The molecular weight excluding hydrogens is 184 g/mol. The molecule has 0 aliphatic carbocycles. The highest BCUT2D eigenvalue weighted by Gasteiger charge is 2.08. The number of carbonyl (C=O) groups excluding carboxylic acids is 1. The molecule has 72 valence electrons. The first kappa shape index (κ1) is 11.7. The minimum Gasteiger partial charge on any atom is -0.515 e. The van der Waals surface area contributed by atoms with Crippen molar-refractivity contribution >= 4 is 5.97 Å². The Balaban J connectivity index is 4.81. The van der Waals surface area contributed by atoms with Gasteiger partial charge in [-0.15, -0.1) is 0 Å². The molecule has 0 bridgehead atoms. The van der Waals surface area contributed by atoms with Crippen molar-refractivity contribution in [1.82, 2.24) is 0 Å². The minimum atomic E-state index is -0.772. The van der Waals surface area contributed by atoms with Gasteiger partial charge in [0.25, 0.3) is 5.70 Å². The van der Waals surface area contributed by atoms with E-state index >= 15 is 0 Å². The molecule has 0 rings (SSSR count). The van der Waals surface area contributed by atoms with E-state index in [2.05, 4.69) is 9.58 Å². The third-order valence-corrected chi connectivity index (χ3v) is 1.18. The van der Waals surface area contributed by atoms with E-state index in [9.17, 15) is 4.79 Å². The number of hydrogen-bond donors (Lipinski definition) is 1. The third-order valence-electron chi connectivity index (χ3n) is 1.18. The standard InChI is InChI=1S/C9H8N2O3/c1-3-14-9(13)7(6-12)4-8(5-10)11-2/h4,6,12H,3H2,1H3/b7-6-,8-4-. The number of ether oxygens (including phenoxy) is 1. The predicted octanol–water partition coefficient (Wildman–Crippen LogP) is 1.32. The van der Waals surface area contributed by atoms with E-state index in [1.165, 1.54) is 0 Å². The highest BCUT2D eigenvalue weighted by molar-refractivity contribution is 5.91. The Morgan fingerprint density at radius 2 is 2.43 bits per heavy atom. The van der Waals surface area contributed by atoms with Gasteiger partial charge in [0.05, 0.1) is 31.1 Å². The van der Waals surface area contributed by atoms with Gasteiger partial charge < -0.3 is 9.84 Å². The molecule has 0 fully saturated rings. The molecule has 0 radical (unpaired) electrons. The Bertz CT molecular complexity index is 339. The van der Waals surface area contributed by atoms with E-state index in [0.29, 0.717) is 6.26 Å². The SMILES string of the molecule is [C-]#[N+]/C(C#N)=C\C(=C\O)C(=O)OCC. The van der Waals surface area contributed by atoms with Crippen LogP contribution in [0.3, 0.4) is 0 Å². The quantitative estimate of drug-likeness (QED) is 0.183. The lowest BCUT2D eigenvalue weighted by Crippen LogP contribution is -2.06. The highest BCUT2D eigenvalue weighted by Crippen LogP contribution is 2.05. The van der Waals surface area contributed by atoms with Crippen molar-refractivity contribution < 1.29 is 14.6 Å². The van der Waals surface area contributed by atoms with E-state index in [1.807, 2.05) is 0 Å². The lowest BCUT2D eigenvalue weighted by atomic mass is 10.2. The van der Waals surface area contributed by atoms with Crippen LogP contribution in [0.4, 0.5) is 0 Å². The Morgan fingerprint density at radius 1 is 1.79 bits per heavy atom. The van der Waals surface area contributed by atoms with Crippen molar-refractivity contribution in [2.45, 2.75) is 6.92 Å². The average molecular weight is 192 g/mol. The summed E-state index contributed by atoms with van der Waals surface area (Å²) in [5, 5.41) is 17.0. The molecule has 0 aromatic rings. The van der Waals surface area contributed by atoms with Gasteiger partial charge in [-0.2, -0.15) is 0 Å². The minimum absolute atomic E-state index is 0.157. The summed E-state index contributed by atoms with van der Waals surface area (Å²) in [5.41, 5.74) is -0.516. The first-order valence-corrected chi connectivity index (χ1v) is 3.70. The molecule has 0 aromatic carbocycles. The van der Waals surface area contributed by atoms with Gasteiger partial charge in [-0.25, -0.2) is 14.9 Å². The molecule has 5 nitrogen and oxygen atoms in total. The Labute approximate surface area is 81.3 Å². The molecule has 0 saturated carbocycles. The van der Waals surface area contributed by atoms with Crippen LogP contribution in [0.1, 0.15) is 6.92 Å². The molecular formula is C9H8N2O3. The fourth-order valence-corrected chi connectivity index (χ4v) is 0.600. The van der Waals surface area contributed by atoms with Crippen LogP contribution in [0, 0.1) is 17.9 Å². The highest BCUT2D eigenvalue weighted by atomic mass is 16.5. The molecule has 0 atom stereocenters. The van der Waals surface area contributed by atoms with Crippen LogP contribution < -0.4 is 0 Å². The van der Waals surface area contributed by atoms with E-state index in [-0.39, 0.29) is 17.9 Å². The Hall–Kier alpha value is -2.27. The second-order valence-electron chi connectivity index (χ2n) is 2.06. The molecule has 0 unspecified atom stereocenters. The molecule has 0 spiro atoms. The fraction of sp³-hybridized carbons (Fsp3) is 0.222. The summed E-state index contributed by atoms with van der Waals surface area (Å²) in [4.78, 5) is 13.9. The number of nitriles is 1. The monoisotopic (exact) mass is 192 g/mol. The topological polar surface area (TPSA) is 74.7 Å². The summed E-state index contributed by atoms with van der Waals surface area (Å²) < 4.78 is 4.56. The third kappa shape index (κ3) is 3.42. The smallest absolute Gasteiger partial charge is 0.339 e. The predicted molar refractivity (Wildman–Crippen MR) is 47.6 cm³/mol. The maximum Gasteiger partial charge on any atom is 0.339 e. The van der Waals surface area contributed by atoms with Crippen LogP contribution in [-0.2, 0) is 9.53 Å². The van der Waals surface area contributed by atoms with Gasteiger partial charge in [0.1, 0.15) is 0 Å². The number of carbonyl (C=O) groups is 1. The Morgan fingerprint density at radius 3 is 2.79 bits per heavy atom. The number of esters is 1. The fourth-order valence-electron chi connectivity index (χ4n) is 0.600. The van der Waals surface area contributed by atoms with Crippen molar-refractivity contribution in [1.29, 1.82) is 5.26 Å². The summed E-state index contributed by atoms with van der Waals surface area (Å²) in [6.45, 7) is 8.31. The second-order valence-corrected chi connectivity index (χ2v) is 2.06. The lowest BCUT2D eigenvalue weighted by Gasteiger charge is -1.99. The van der Waals surface area contributed by atoms with Crippen LogP contribution >= 0.6 is 0 Å². The zero-order chi connectivity index (χ0) is 11.0. The van der Waals surface area contributed by atoms with Crippen molar-refractivity contribution in [3.63, 3.8) is 0 Å². The molecule has 14 heavy (non-hydrogen) atoms. The van der Waals surface area contributed by atoms with Crippen LogP contribution in [0.15, 0.2) is 23.6 Å². The largest absolute Gasteiger partial charge is 0.515 e. The van der Waals surface area contributed by atoms with E-state index < -0.39 is 5.97 Å². The van der Waals surface area contributed by atoms with Crippen LogP contribution in [0.2, 0.25) is 0 Å². The van der Waals surface area contributed by atoms with Crippen molar-refractivity contribution in [2.24, 2.45) is 0 Å². The van der Waals surface area contributed by atoms with Crippen LogP contribution in [0.5, 0.6) is 0 Å². The van der Waals surface area contributed by atoms with Gasteiger partial charge in [0, 0.05) is 0 Å². The summed E-state index contributed by atoms with van der Waals surface area (Å²) in [5.74, 6) is -0.772. The molecule has 0 heterocycles. The summed E-state index contributed by atoms with van der Waals surface area (Å²) in [6, 6.07) is 1.56. The van der Waals surface area contributed by atoms with Gasteiger partial charge in [-0.3, -0.25) is 0 Å². The molecule has 0 saturated heterocycles. The summed E-state index contributed by atoms with van der Waals surface area (Å²) in [6.07, 6.45) is 1.46. The molecule has 5 heteroatoms. The average Bonchev–Trinajstić information content (AvgIpc) is 2.20. The van der Waals surface area contributed by atoms with Gasteiger partial charge in [-0.05, 0) is 13.0 Å². The molecule has 0 amide bonds. The van der Waals surface area contributed by atoms with E-state index in [0.717, 1.165) is 6.08 Å². The van der Waals surface area contributed by atoms with Crippen LogP contribution in [0.25, 0.3) is 4.85 Å². The summed E-state index contributed by atoms with van der Waals surface area (Å²) >= 11 is 0. The molecule has 1 N–H and O–H groups in total. The lowest BCUT2D eigenvalue weighted by molar-refractivity contribution is -0.138. The molecule has 0 aliphatic heterocycles. The second kappa shape index (κ2) is 6.27. The number of hydrogen-bond acceptors (Lipinski definition) is 4. The van der Waals surface area contributed by atoms with Gasteiger partial charge in [0.2, 0.25) is 0 Å². The number of aliphatic hydroxyl groups excluding tert-OH is 1. The van der Waals surface area contributed by atoms with Crippen molar-refractivity contribution in [3.05, 3.63) is 35.0 Å². The number of nitrogens with zero attached hydrogens (tertiary/aromatic N) is 2. The normalized spacial score (nSPS) is 11.4.